The zero-order chi connectivity index (χ0) is 26.4. The second-order valence-electron chi connectivity index (χ2n) is 7.74. The standard InChI is InChI=1S/C25H20N8O4/c1-36-24(34)16(12-15-8-4-3-5-9-15)14-33-20-11-7-6-10-17(20)18-13-19(25(35)37-2)28-21(22(18)33)23(29-31-26)30-32-27/h3-13,23H,14H2,1-2H3/b16-12+. The van der Waals surface area contributed by atoms with Gasteiger partial charge in [-0.1, -0.05) is 58.8 Å². The first-order chi connectivity index (χ1) is 18.0. The summed E-state index contributed by atoms with van der Waals surface area (Å²) in [5, 5.41) is 8.49. The lowest BCUT2D eigenvalue weighted by atomic mass is 10.1. The summed E-state index contributed by atoms with van der Waals surface area (Å²) in [5.74, 6) is -1.27. The maximum Gasteiger partial charge on any atom is 0.356 e. The highest BCUT2D eigenvalue weighted by Gasteiger charge is 2.25. The molecular formula is C25H20N8O4. The Bertz CT molecular complexity index is 1610. The quantitative estimate of drug-likeness (QED) is 0.0978. The number of hydrogen-bond acceptors (Lipinski definition) is 7. The minimum atomic E-state index is -1.41. The predicted octanol–water partition coefficient (Wildman–Crippen LogP) is 5.85. The largest absolute Gasteiger partial charge is 0.466 e. The molecule has 0 aliphatic carbocycles. The molecule has 0 atom stereocenters. The van der Waals surface area contributed by atoms with Gasteiger partial charge < -0.3 is 14.0 Å². The molecule has 4 aromatic rings. The van der Waals surface area contributed by atoms with Crippen molar-refractivity contribution in [2.45, 2.75) is 12.7 Å². The molecule has 0 fully saturated rings. The van der Waals surface area contributed by atoms with Gasteiger partial charge in [-0.2, -0.15) is 0 Å². The zero-order valence-electron chi connectivity index (χ0n) is 19.8. The van der Waals surface area contributed by atoms with Crippen molar-refractivity contribution in [2.75, 3.05) is 14.2 Å². The Hall–Kier alpha value is -5.31. The molecule has 2 heterocycles. The lowest BCUT2D eigenvalue weighted by Crippen LogP contribution is -2.14. The van der Waals surface area contributed by atoms with Crippen LogP contribution in [-0.4, -0.2) is 35.7 Å². The number of azide groups is 1. The first-order valence-corrected chi connectivity index (χ1v) is 10.9. The van der Waals surface area contributed by atoms with Crippen LogP contribution in [-0.2, 0) is 20.8 Å². The molecule has 0 saturated carbocycles. The van der Waals surface area contributed by atoms with E-state index < -0.39 is 18.1 Å². The minimum Gasteiger partial charge on any atom is -0.466 e. The van der Waals surface area contributed by atoms with Crippen molar-refractivity contribution in [1.29, 1.82) is 0 Å². The van der Waals surface area contributed by atoms with E-state index in [0.717, 1.165) is 10.9 Å². The molecule has 0 saturated heterocycles. The summed E-state index contributed by atoms with van der Waals surface area (Å²) in [7, 11) is 2.51. The van der Waals surface area contributed by atoms with Gasteiger partial charge in [-0.25, -0.2) is 14.6 Å². The number of carbonyl (C=O) groups is 2. The van der Waals surface area contributed by atoms with Crippen LogP contribution in [0.3, 0.4) is 0 Å². The third-order valence-corrected chi connectivity index (χ3v) is 5.65. The average Bonchev–Trinajstić information content (AvgIpc) is 3.25. The van der Waals surface area contributed by atoms with Crippen LogP contribution in [0.25, 0.3) is 48.8 Å². The van der Waals surface area contributed by atoms with Gasteiger partial charge in [-0.15, -0.1) is 0 Å². The Morgan fingerprint density at radius 3 is 2.32 bits per heavy atom. The van der Waals surface area contributed by atoms with Crippen molar-refractivity contribution in [3.05, 3.63) is 104 Å². The molecule has 0 spiro atoms. The molecule has 37 heavy (non-hydrogen) atoms. The molecule has 0 aliphatic heterocycles. The number of fused-ring (bicyclic) bond motifs is 3. The van der Waals surface area contributed by atoms with Gasteiger partial charge in [0.1, 0.15) is 5.69 Å². The number of carbonyl (C=O) groups excluding carboxylic acids is 2. The van der Waals surface area contributed by atoms with E-state index >= 15 is 0 Å². The number of hydrogen-bond donors (Lipinski definition) is 0. The summed E-state index contributed by atoms with van der Waals surface area (Å²) in [5.41, 5.74) is 20.4. The monoisotopic (exact) mass is 496 g/mol. The molecule has 12 heteroatoms. The average molecular weight is 496 g/mol. The van der Waals surface area contributed by atoms with Crippen LogP contribution < -0.4 is 0 Å². The van der Waals surface area contributed by atoms with Gasteiger partial charge >= 0.3 is 11.9 Å². The molecule has 0 radical (unpaired) electrons. The van der Waals surface area contributed by atoms with Crippen LogP contribution in [0.1, 0.15) is 27.9 Å². The Kier molecular flexibility index (Phi) is 7.34. The third kappa shape index (κ3) is 4.92. The van der Waals surface area contributed by atoms with Crippen molar-refractivity contribution in [3.63, 3.8) is 0 Å². The van der Waals surface area contributed by atoms with Gasteiger partial charge in [0.25, 0.3) is 0 Å². The van der Waals surface area contributed by atoms with E-state index in [1.165, 1.54) is 14.2 Å². The number of esters is 2. The van der Waals surface area contributed by atoms with Gasteiger partial charge in [0.15, 0.2) is 6.17 Å². The normalized spacial score (nSPS) is 11.9. The maximum atomic E-state index is 12.8. The van der Waals surface area contributed by atoms with E-state index in [1.807, 2.05) is 54.6 Å². The molecule has 0 bridgehead atoms. The highest BCUT2D eigenvalue weighted by molar-refractivity contribution is 6.11. The van der Waals surface area contributed by atoms with Crippen LogP contribution in [0.5, 0.6) is 0 Å². The summed E-state index contributed by atoms with van der Waals surface area (Å²) in [4.78, 5) is 35.2. The molecule has 0 aliphatic rings. The Morgan fingerprint density at radius 2 is 1.68 bits per heavy atom. The van der Waals surface area contributed by atoms with Crippen LogP contribution in [0.15, 0.2) is 76.5 Å². The van der Waals surface area contributed by atoms with Crippen LogP contribution in [0.2, 0.25) is 0 Å². The van der Waals surface area contributed by atoms with Gasteiger partial charge in [-0.05, 0) is 34.8 Å². The third-order valence-electron chi connectivity index (χ3n) is 5.65. The van der Waals surface area contributed by atoms with Crippen LogP contribution >= 0.6 is 0 Å². The highest BCUT2D eigenvalue weighted by Crippen LogP contribution is 2.36. The van der Waals surface area contributed by atoms with Gasteiger partial charge in [0, 0.05) is 26.1 Å². The number of rotatable bonds is 8. The highest BCUT2D eigenvalue weighted by atomic mass is 16.5. The SMILES string of the molecule is COC(=O)/C(=C/c1ccccc1)Cn1c2ccccc2c2cc(C(=O)OC)nc(C(N=[N+]=[N-])N=[N+]=[N-])c21. The fraction of sp³-hybridized carbons (Fsp3) is 0.160. The summed E-state index contributed by atoms with van der Waals surface area (Å²) in [6, 6.07) is 18.1. The number of aromatic nitrogens is 2. The number of nitrogens with zero attached hydrogens (tertiary/aromatic N) is 8. The molecule has 0 amide bonds. The van der Waals surface area contributed by atoms with E-state index in [2.05, 4.69) is 25.0 Å². The minimum absolute atomic E-state index is 0.0358. The van der Waals surface area contributed by atoms with E-state index in [9.17, 15) is 9.59 Å². The Labute approximate surface area is 210 Å². The predicted molar refractivity (Wildman–Crippen MR) is 136 cm³/mol. The Morgan fingerprint density at radius 1 is 1.00 bits per heavy atom. The van der Waals surface area contributed by atoms with Crippen molar-refractivity contribution in [3.8, 4) is 0 Å². The van der Waals surface area contributed by atoms with Crippen LogP contribution in [0, 0.1) is 0 Å². The zero-order valence-corrected chi connectivity index (χ0v) is 19.8. The number of methoxy groups -OCH3 is 2. The molecule has 0 unspecified atom stereocenters. The topological polar surface area (TPSA) is 168 Å². The van der Waals surface area contributed by atoms with Crippen molar-refractivity contribution in [1.82, 2.24) is 9.55 Å². The molecule has 12 nitrogen and oxygen atoms in total. The number of benzene rings is 2. The van der Waals surface area contributed by atoms with Crippen molar-refractivity contribution >= 4 is 39.8 Å². The fourth-order valence-corrected chi connectivity index (χ4v) is 4.11. The second-order valence-corrected chi connectivity index (χ2v) is 7.74. The first kappa shape index (κ1) is 24.8. The molecule has 4 rings (SSSR count). The summed E-state index contributed by atoms with van der Waals surface area (Å²) >= 11 is 0. The summed E-state index contributed by atoms with van der Waals surface area (Å²) in [6.07, 6.45) is 0.297. The molecule has 2 aromatic carbocycles. The number of ether oxygens (including phenoxy) is 2. The van der Waals surface area contributed by atoms with Crippen molar-refractivity contribution in [2.24, 2.45) is 10.2 Å². The first-order valence-electron chi connectivity index (χ1n) is 10.9. The van der Waals surface area contributed by atoms with E-state index in [-0.39, 0.29) is 17.9 Å². The smallest absolute Gasteiger partial charge is 0.356 e. The molecule has 184 valence electrons. The summed E-state index contributed by atoms with van der Waals surface area (Å²) in [6.45, 7) is 0.0388. The number of pyridine rings is 1. The van der Waals surface area contributed by atoms with Gasteiger partial charge in [0.05, 0.1) is 37.5 Å². The van der Waals surface area contributed by atoms with E-state index in [4.69, 9.17) is 20.5 Å². The summed E-state index contributed by atoms with van der Waals surface area (Å²) < 4.78 is 11.7. The fourth-order valence-electron chi connectivity index (χ4n) is 4.11. The van der Waals surface area contributed by atoms with E-state index in [0.29, 0.717) is 22.0 Å². The maximum absolute atomic E-state index is 12.8. The van der Waals surface area contributed by atoms with Crippen LogP contribution in [0.4, 0.5) is 0 Å². The molecular weight excluding hydrogens is 476 g/mol. The lowest BCUT2D eigenvalue weighted by Gasteiger charge is -2.14. The second kappa shape index (κ2) is 11.0. The molecule has 2 aromatic heterocycles. The number of para-hydroxylation sites is 1. The Balaban J connectivity index is 2.08. The molecule has 0 N–H and O–H groups in total. The van der Waals surface area contributed by atoms with Gasteiger partial charge in [-0.3, -0.25) is 0 Å². The lowest BCUT2D eigenvalue weighted by molar-refractivity contribution is -0.136. The van der Waals surface area contributed by atoms with Crippen molar-refractivity contribution < 1.29 is 19.1 Å². The van der Waals surface area contributed by atoms with Gasteiger partial charge in [0.2, 0.25) is 0 Å². The van der Waals surface area contributed by atoms with E-state index in [1.54, 1.807) is 16.7 Å².